The quantitative estimate of drug-likeness (QED) is 0.640. The number of sulfonamides is 1. The smallest absolute Gasteiger partial charge is 0.241 e. The molecule has 0 aliphatic heterocycles. The van der Waals surface area contributed by atoms with E-state index in [1.807, 2.05) is 0 Å². The van der Waals surface area contributed by atoms with Gasteiger partial charge in [-0.05, 0) is 94.2 Å². The van der Waals surface area contributed by atoms with Gasteiger partial charge in [0.25, 0.3) is 0 Å². The number of benzene rings is 1. The Morgan fingerprint density at radius 1 is 1.19 bits per heavy atom. The molecule has 4 bridgehead atoms. The number of amides is 1. The maximum atomic E-state index is 13.3. The highest BCUT2D eigenvalue weighted by atomic mass is 35.5. The van der Waals surface area contributed by atoms with Crippen molar-refractivity contribution in [3.8, 4) is 0 Å². The number of primary amides is 1. The van der Waals surface area contributed by atoms with Crippen LogP contribution >= 0.6 is 11.6 Å². The van der Waals surface area contributed by atoms with Crippen LogP contribution < -0.4 is 10.5 Å². The number of nitrogens with one attached hydrogen (secondary N) is 1. The van der Waals surface area contributed by atoms with Crippen LogP contribution in [0.25, 0.3) is 0 Å². The maximum Gasteiger partial charge on any atom is 0.241 e. The molecule has 170 valence electrons. The minimum Gasteiger partial charge on any atom is -0.369 e. The average molecular weight is 467 g/mol. The zero-order chi connectivity index (χ0) is 22.8. The fourth-order valence-electron chi connectivity index (χ4n) is 6.56. The predicted octanol–water partition coefficient (Wildman–Crippen LogP) is 3.59. The second kappa shape index (κ2) is 7.56. The number of Topliss-reactive ketones (excluding diaryl/α,β-unsaturated/α-hetero) is 1. The summed E-state index contributed by atoms with van der Waals surface area (Å²) in [6.45, 7) is 4.89. The summed E-state index contributed by atoms with van der Waals surface area (Å²) >= 11 is 6.09. The molecule has 0 spiro atoms. The molecule has 1 aromatic carbocycles. The average Bonchev–Trinajstić information content (AvgIpc) is 2.65. The molecule has 0 saturated heterocycles. The van der Waals surface area contributed by atoms with Crippen LogP contribution in [-0.2, 0) is 19.6 Å². The molecule has 1 aromatic rings. The third kappa shape index (κ3) is 3.93. The summed E-state index contributed by atoms with van der Waals surface area (Å²) in [4.78, 5) is 25.5. The van der Waals surface area contributed by atoms with Gasteiger partial charge in [0.2, 0.25) is 15.9 Å². The fourth-order valence-corrected chi connectivity index (χ4v) is 8.46. The Labute approximate surface area is 189 Å². The van der Waals surface area contributed by atoms with E-state index in [0.29, 0.717) is 34.8 Å². The number of hydrogen-bond donors (Lipinski definition) is 2. The molecule has 0 heterocycles. The molecule has 4 aliphatic carbocycles. The molecule has 8 heteroatoms. The Kier molecular flexibility index (Phi) is 5.55. The van der Waals surface area contributed by atoms with E-state index in [0.717, 1.165) is 32.1 Å². The van der Waals surface area contributed by atoms with Crippen molar-refractivity contribution in [2.24, 2.45) is 34.8 Å². The minimum atomic E-state index is -3.91. The van der Waals surface area contributed by atoms with E-state index in [1.54, 1.807) is 32.9 Å². The van der Waals surface area contributed by atoms with Crippen molar-refractivity contribution in [2.75, 3.05) is 0 Å². The molecule has 4 aliphatic rings. The van der Waals surface area contributed by atoms with Crippen LogP contribution in [0.3, 0.4) is 0 Å². The van der Waals surface area contributed by atoms with Gasteiger partial charge in [0.05, 0.1) is 10.4 Å². The Morgan fingerprint density at radius 2 is 1.81 bits per heavy atom. The monoisotopic (exact) mass is 466 g/mol. The van der Waals surface area contributed by atoms with Crippen LogP contribution in [0.1, 0.15) is 57.9 Å². The van der Waals surface area contributed by atoms with E-state index in [4.69, 9.17) is 17.3 Å². The zero-order valence-electron chi connectivity index (χ0n) is 18.3. The first kappa shape index (κ1) is 22.7. The molecular formula is C23H31ClN2O4S. The predicted molar refractivity (Wildman–Crippen MR) is 119 cm³/mol. The zero-order valence-corrected chi connectivity index (χ0v) is 19.9. The lowest BCUT2D eigenvalue weighted by atomic mass is 9.45. The number of carbonyl (C=O) groups excluding carboxylic acids is 2. The SMILES string of the molecule is Cc1c(Cl)cccc1S(=O)(=O)NC(C)(C)C(=O)CC1C2CC3CC1CC(C(N)=O)(C3)C2. The highest BCUT2D eigenvalue weighted by Gasteiger charge is 2.58. The molecule has 1 amide bonds. The van der Waals surface area contributed by atoms with Crippen LogP contribution in [-0.4, -0.2) is 25.6 Å². The van der Waals surface area contributed by atoms with E-state index in [9.17, 15) is 18.0 Å². The Morgan fingerprint density at radius 3 is 2.39 bits per heavy atom. The van der Waals surface area contributed by atoms with E-state index in [2.05, 4.69) is 4.72 Å². The molecule has 5 rings (SSSR count). The summed E-state index contributed by atoms with van der Waals surface area (Å²) in [5.41, 5.74) is 4.58. The molecule has 4 saturated carbocycles. The summed E-state index contributed by atoms with van der Waals surface area (Å²) in [6, 6.07) is 4.71. The number of ketones is 1. The van der Waals surface area contributed by atoms with Crippen molar-refractivity contribution in [2.45, 2.75) is 69.7 Å². The number of rotatable bonds is 7. The molecule has 6 nitrogen and oxygen atoms in total. The van der Waals surface area contributed by atoms with Gasteiger partial charge in [-0.1, -0.05) is 17.7 Å². The normalized spacial score (nSPS) is 32.3. The Balaban J connectivity index is 1.50. The lowest BCUT2D eigenvalue weighted by Gasteiger charge is -2.59. The van der Waals surface area contributed by atoms with Crippen molar-refractivity contribution in [3.63, 3.8) is 0 Å². The van der Waals surface area contributed by atoms with Gasteiger partial charge in [-0.2, -0.15) is 4.72 Å². The summed E-state index contributed by atoms with van der Waals surface area (Å²) in [5.74, 6) is 1.01. The summed E-state index contributed by atoms with van der Waals surface area (Å²) in [6.07, 6.45) is 4.82. The number of carbonyl (C=O) groups is 2. The summed E-state index contributed by atoms with van der Waals surface area (Å²) in [7, 11) is -3.91. The topological polar surface area (TPSA) is 106 Å². The standard InChI is InChI=1S/C23H31ClN2O4S/c1-13-18(24)5-4-6-19(13)31(29,30)26-22(2,3)20(27)9-17-15-7-14-8-16(17)12-23(10-14,11-15)21(25)28/h4-6,14-17,26H,7-12H2,1-3H3,(H2,25,28). The van der Waals surface area contributed by atoms with Crippen molar-refractivity contribution >= 4 is 33.3 Å². The molecule has 2 atom stereocenters. The molecule has 31 heavy (non-hydrogen) atoms. The molecular weight excluding hydrogens is 436 g/mol. The Bertz CT molecular complexity index is 1020. The fraction of sp³-hybridized carbons (Fsp3) is 0.652. The third-order valence-corrected chi connectivity index (χ3v) is 10.2. The summed E-state index contributed by atoms with van der Waals surface area (Å²) in [5, 5.41) is 0.365. The van der Waals surface area contributed by atoms with Crippen LogP contribution in [0, 0.1) is 36.0 Å². The first-order chi connectivity index (χ1) is 14.3. The third-order valence-electron chi connectivity index (χ3n) is 8.01. The van der Waals surface area contributed by atoms with Crippen molar-refractivity contribution in [1.82, 2.24) is 4.72 Å². The van der Waals surface area contributed by atoms with Gasteiger partial charge in [0.15, 0.2) is 5.78 Å². The van der Waals surface area contributed by atoms with E-state index in [1.165, 1.54) is 6.07 Å². The van der Waals surface area contributed by atoms with E-state index < -0.39 is 21.0 Å². The van der Waals surface area contributed by atoms with Gasteiger partial charge in [-0.3, -0.25) is 9.59 Å². The van der Waals surface area contributed by atoms with Crippen molar-refractivity contribution < 1.29 is 18.0 Å². The maximum absolute atomic E-state index is 13.3. The van der Waals surface area contributed by atoms with Gasteiger partial charge < -0.3 is 5.73 Å². The minimum absolute atomic E-state index is 0.0823. The molecule has 0 aromatic heterocycles. The lowest BCUT2D eigenvalue weighted by Crippen LogP contribution is -2.57. The first-order valence-electron chi connectivity index (χ1n) is 11.0. The van der Waals surface area contributed by atoms with E-state index >= 15 is 0 Å². The highest BCUT2D eigenvalue weighted by Crippen LogP contribution is 2.62. The number of halogens is 1. The van der Waals surface area contributed by atoms with Crippen LogP contribution in [0.4, 0.5) is 0 Å². The van der Waals surface area contributed by atoms with Gasteiger partial charge in [-0.25, -0.2) is 8.42 Å². The number of nitrogens with two attached hydrogens (primary N) is 1. The summed E-state index contributed by atoms with van der Waals surface area (Å²) < 4.78 is 28.6. The molecule has 0 radical (unpaired) electrons. The Hall–Kier alpha value is -1.44. The second-order valence-electron chi connectivity index (χ2n) is 10.5. The molecule has 3 N–H and O–H groups in total. The highest BCUT2D eigenvalue weighted by molar-refractivity contribution is 7.89. The first-order valence-corrected chi connectivity index (χ1v) is 12.8. The van der Waals surface area contributed by atoms with Crippen LogP contribution in [0.15, 0.2) is 23.1 Å². The van der Waals surface area contributed by atoms with Gasteiger partial charge in [0.1, 0.15) is 0 Å². The van der Waals surface area contributed by atoms with Crippen molar-refractivity contribution in [3.05, 3.63) is 28.8 Å². The van der Waals surface area contributed by atoms with Gasteiger partial charge >= 0.3 is 0 Å². The van der Waals surface area contributed by atoms with Gasteiger partial charge in [-0.15, -0.1) is 0 Å². The largest absolute Gasteiger partial charge is 0.369 e. The molecule has 2 unspecified atom stereocenters. The number of hydrogen-bond acceptors (Lipinski definition) is 4. The van der Waals surface area contributed by atoms with Crippen LogP contribution in [0.5, 0.6) is 0 Å². The van der Waals surface area contributed by atoms with Gasteiger partial charge in [0, 0.05) is 16.9 Å². The van der Waals surface area contributed by atoms with Crippen LogP contribution in [0.2, 0.25) is 5.02 Å². The van der Waals surface area contributed by atoms with E-state index in [-0.39, 0.29) is 22.5 Å². The molecule has 4 fully saturated rings. The second-order valence-corrected chi connectivity index (χ2v) is 12.6. The van der Waals surface area contributed by atoms with Crippen molar-refractivity contribution in [1.29, 1.82) is 0 Å². The lowest BCUT2D eigenvalue weighted by molar-refractivity contribution is -0.152.